The van der Waals surface area contributed by atoms with Gasteiger partial charge in [0.05, 0.1) is 0 Å². The highest BCUT2D eigenvalue weighted by molar-refractivity contribution is 5.25. The topological polar surface area (TPSA) is 15.3 Å². The zero-order valence-electron chi connectivity index (χ0n) is 11.1. The molecule has 1 N–H and O–H groups in total. The molecule has 2 nitrogen and oxygen atoms in total. The lowest BCUT2D eigenvalue weighted by Crippen LogP contribution is -2.49. The first-order chi connectivity index (χ1) is 8.30. The molecule has 2 rings (SSSR count). The summed E-state index contributed by atoms with van der Waals surface area (Å²) in [7, 11) is 2.10. The van der Waals surface area contributed by atoms with E-state index < -0.39 is 0 Å². The van der Waals surface area contributed by atoms with Crippen LogP contribution in [0, 0.1) is 0 Å². The van der Waals surface area contributed by atoms with Crippen molar-refractivity contribution in [1.29, 1.82) is 0 Å². The number of nitrogens with zero attached hydrogens (tertiary/aromatic N) is 1. The molecule has 17 heavy (non-hydrogen) atoms. The second-order valence-corrected chi connectivity index (χ2v) is 5.04. The Kier molecular flexibility index (Phi) is 4.19. The Bertz CT molecular complexity index is 326. The van der Waals surface area contributed by atoms with Gasteiger partial charge in [0.15, 0.2) is 0 Å². The van der Waals surface area contributed by atoms with E-state index in [2.05, 4.69) is 54.5 Å². The van der Waals surface area contributed by atoms with Crippen LogP contribution in [0.5, 0.6) is 0 Å². The van der Waals surface area contributed by atoms with Crippen molar-refractivity contribution in [1.82, 2.24) is 10.2 Å². The van der Waals surface area contributed by atoms with E-state index in [4.69, 9.17) is 0 Å². The standard InChI is InChI=1S/C15H24N2/c1-3-11-17-12-9-15(16-2,10-13-17)14-7-5-4-6-8-14/h4-8,16H,3,9-13H2,1-2H3. The summed E-state index contributed by atoms with van der Waals surface area (Å²) in [5, 5.41) is 3.57. The van der Waals surface area contributed by atoms with E-state index in [9.17, 15) is 0 Å². The van der Waals surface area contributed by atoms with Crippen LogP contribution in [0.3, 0.4) is 0 Å². The highest BCUT2D eigenvalue weighted by atomic mass is 15.1. The van der Waals surface area contributed by atoms with Gasteiger partial charge >= 0.3 is 0 Å². The minimum absolute atomic E-state index is 0.200. The minimum atomic E-state index is 0.200. The molecule has 0 aromatic heterocycles. The monoisotopic (exact) mass is 232 g/mol. The van der Waals surface area contributed by atoms with Crippen LogP contribution in [-0.4, -0.2) is 31.6 Å². The van der Waals surface area contributed by atoms with Crippen LogP contribution in [0.1, 0.15) is 31.7 Å². The van der Waals surface area contributed by atoms with Gasteiger partial charge in [0.25, 0.3) is 0 Å². The van der Waals surface area contributed by atoms with Crippen LogP contribution in [0.4, 0.5) is 0 Å². The summed E-state index contributed by atoms with van der Waals surface area (Å²) in [5.74, 6) is 0. The van der Waals surface area contributed by atoms with Crippen LogP contribution in [0.15, 0.2) is 30.3 Å². The highest BCUT2D eigenvalue weighted by Crippen LogP contribution is 2.32. The van der Waals surface area contributed by atoms with Crippen molar-refractivity contribution in [2.24, 2.45) is 0 Å². The van der Waals surface area contributed by atoms with Crippen LogP contribution in [0.25, 0.3) is 0 Å². The third kappa shape index (κ3) is 2.70. The Morgan fingerprint density at radius 2 is 1.82 bits per heavy atom. The molecule has 0 radical (unpaired) electrons. The molecule has 0 unspecified atom stereocenters. The molecule has 1 aromatic rings. The molecular weight excluding hydrogens is 208 g/mol. The summed E-state index contributed by atoms with van der Waals surface area (Å²) < 4.78 is 0. The molecule has 0 aliphatic carbocycles. The zero-order chi connectivity index (χ0) is 12.1. The third-order valence-corrected chi connectivity index (χ3v) is 4.05. The van der Waals surface area contributed by atoms with Crippen LogP contribution < -0.4 is 5.32 Å². The van der Waals surface area contributed by atoms with E-state index in [1.807, 2.05) is 0 Å². The average molecular weight is 232 g/mol. The average Bonchev–Trinajstić information content (AvgIpc) is 2.41. The van der Waals surface area contributed by atoms with E-state index in [0.29, 0.717) is 0 Å². The van der Waals surface area contributed by atoms with Gasteiger partial charge in [-0.05, 0) is 38.4 Å². The fourth-order valence-electron chi connectivity index (χ4n) is 2.91. The van der Waals surface area contributed by atoms with E-state index in [0.717, 1.165) is 0 Å². The zero-order valence-corrected chi connectivity index (χ0v) is 11.1. The summed E-state index contributed by atoms with van der Waals surface area (Å²) in [6.07, 6.45) is 3.69. The third-order valence-electron chi connectivity index (χ3n) is 4.05. The molecule has 1 heterocycles. The van der Waals surface area contributed by atoms with Crippen molar-refractivity contribution in [2.75, 3.05) is 26.7 Å². The predicted molar refractivity (Wildman–Crippen MR) is 73.1 cm³/mol. The quantitative estimate of drug-likeness (QED) is 0.858. The fraction of sp³-hybridized carbons (Fsp3) is 0.600. The summed E-state index contributed by atoms with van der Waals surface area (Å²) in [5.41, 5.74) is 1.64. The molecule has 2 heteroatoms. The molecule has 0 saturated carbocycles. The van der Waals surface area contributed by atoms with E-state index >= 15 is 0 Å². The lowest BCUT2D eigenvalue weighted by molar-refractivity contribution is 0.140. The Balaban J connectivity index is 2.08. The summed E-state index contributed by atoms with van der Waals surface area (Å²) >= 11 is 0. The number of hydrogen-bond donors (Lipinski definition) is 1. The van der Waals surface area contributed by atoms with Crippen LogP contribution in [0.2, 0.25) is 0 Å². The summed E-state index contributed by atoms with van der Waals surface area (Å²) in [6.45, 7) is 5.93. The smallest absolute Gasteiger partial charge is 0.0456 e. The Morgan fingerprint density at radius 1 is 1.18 bits per heavy atom. The maximum absolute atomic E-state index is 3.57. The Labute approximate surface area is 105 Å². The molecular formula is C15H24N2. The molecule has 1 aliphatic rings. The lowest BCUT2D eigenvalue weighted by atomic mass is 9.81. The van der Waals surface area contributed by atoms with Gasteiger partial charge in [-0.2, -0.15) is 0 Å². The largest absolute Gasteiger partial charge is 0.310 e. The van der Waals surface area contributed by atoms with Gasteiger partial charge in [-0.3, -0.25) is 0 Å². The summed E-state index contributed by atoms with van der Waals surface area (Å²) in [6, 6.07) is 10.9. The van der Waals surface area contributed by atoms with E-state index in [-0.39, 0.29) is 5.54 Å². The number of hydrogen-bond acceptors (Lipinski definition) is 2. The first-order valence-electron chi connectivity index (χ1n) is 6.77. The molecule has 0 amide bonds. The number of piperidine rings is 1. The Morgan fingerprint density at radius 3 is 2.35 bits per heavy atom. The number of rotatable bonds is 4. The van der Waals surface area contributed by atoms with Crippen molar-refractivity contribution in [3.05, 3.63) is 35.9 Å². The maximum atomic E-state index is 3.57. The van der Waals surface area contributed by atoms with Gasteiger partial charge in [0.1, 0.15) is 0 Å². The molecule has 0 bridgehead atoms. The summed E-state index contributed by atoms with van der Waals surface area (Å²) in [4.78, 5) is 2.58. The van der Waals surface area contributed by atoms with Gasteiger partial charge in [0, 0.05) is 18.6 Å². The van der Waals surface area contributed by atoms with E-state index in [1.165, 1.54) is 44.5 Å². The highest BCUT2D eigenvalue weighted by Gasteiger charge is 2.34. The normalized spacial score (nSPS) is 20.4. The predicted octanol–water partition coefficient (Wildman–Crippen LogP) is 2.61. The second kappa shape index (κ2) is 5.65. The van der Waals surface area contributed by atoms with E-state index in [1.54, 1.807) is 0 Å². The number of benzene rings is 1. The maximum Gasteiger partial charge on any atom is 0.0456 e. The molecule has 94 valence electrons. The number of nitrogens with one attached hydrogen (secondary N) is 1. The van der Waals surface area contributed by atoms with Gasteiger partial charge in [-0.25, -0.2) is 0 Å². The minimum Gasteiger partial charge on any atom is -0.310 e. The molecule has 1 aromatic carbocycles. The first-order valence-corrected chi connectivity index (χ1v) is 6.77. The molecule has 1 aliphatic heterocycles. The van der Waals surface area contributed by atoms with Gasteiger partial charge in [-0.1, -0.05) is 37.3 Å². The van der Waals surface area contributed by atoms with Crippen LogP contribution >= 0.6 is 0 Å². The molecule has 0 spiro atoms. The van der Waals surface area contributed by atoms with Gasteiger partial charge in [0.2, 0.25) is 0 Å². The van der Waals surface area contributed by atoms with Crippen molar-refractivity contribution in [2.45, 2.75) is 31.7 Å². The molecule has 0 atom stereocenters. The molecule has 1 saturated heterocycles. The SMILES string of the molecule is CCCN1CCC(NC)(c2ccccc2)CC1. The number of likely N-dealkylation sites (tertiary alicyclic amines) is 1. The second-order valence-electron chi connectivity index (χ2n) is 5.04. The van der Waals surface area contributed by atoms with Gasteiger partial charge < -0.3 is 10.2 Å². The van der Waals surface area contributed by atoms with Crippen molar-refractivity contribution in [3.63, 3.8) is 0 Å². The van der Waals surface area contributed by atoms with Crippen LogP contribution in [-0.2, 0) is 5.54 Å². The van der Waals surface area contributed by atoms with Crippen molar-refractivity contribution in [3.8, 4) is 0 Å². The van der Waals surface area contributed by atoms with Crippen molar-refractivity contribution < 1.29 is 0 Å². The fourth-order valence-corrected chi connectivity index (χ4v) is 2.91. The van der Waals surface area contributed by atoms with Crippen molar-refractivity contribution >= 4 is 0 Å². The first kappa shape index (κ1) is 12.6. The lowest BCUT2D eigenvalue weighted by Gasteiger charge is -2.42. The van der Waals surface area contributed by atoms with Gasteiger partial charge in [-0.15, -0.1) is 0 Å². The molecule has 1 fully saturated rings. The Hall–Kier alpha value is -0.860.